The van der Waals surface area contributed by atoms with E-state index in [1.54, 1.807) is 18.2 Å². The van der Waals surface area contributed by atoms with Crippen LogP contribution in [0.4, 0.5) is 18.9 Å². The highest BCUT2D eigenvalue weighted by atomic mass is 19.4. The lowest BCUT2D eigenvalue weighted by molar-refractivity contribution is -0.201. The molecule has 1 aromatic carbocycles. The van der Waals surface area contributed by atoms with E-state index in [1.807, 2.05) is 0 Å². The van der Waals surface area contributed by atoms with Gasteiger partial charge in [-0.2, -0.15) is 13.2 Å². The van der Waals surface area contributed by atoms with E-state index in [0.717, 1.165) is 0 Å². The van der Waals surface area contributed by atoms with Crippen molar-refractivity contribution >= 4 is 11.6 Å². The van der Waals surface area contributed by atoms with Crippen molar-refractivity contribution in [2.24, 2.45) is 0 Å². The lowest BCUT2D eigenvalue weighted by Crippen LogP contribution is -2.38. The number of hydrogen-bond acceptors (Lipinski definition) is 4. The predicted octanol–water partition coefficient (Wildman–Crippen LogP) is 1.03. The molecule has 0 bridgehead atoms. The van der Waals surface area contributed by atoms with E-state index in [-0.39, 0.29) is 19.1 Å². The Morgan fingerprint density at radius 3 is 2.90 bits per heavy atom. The zero-order valence-corrected chi connectivity index (χ0v) is 10.3. The second kappa shape index (κ2) is 5.68. The molecular weight excluding hydrogens is 277 g/mol. The Balaban J connectivity index is 1.91. The number of fused-ring (bicyclic) bond motifs is 1. The summed E-state index contributed by atoms with van der Waals surface area (Å²) in [6.45, 7) is -0.512. The van der Waals surface area contributed by atoms with Crippen LogP contribution in [0.15, 0.2) is 18.2 Å². The number of nitrogens with one attached hydrogen (secondary N) is 2. The normalized spacial score (nSPS) is 16.1. The van der Waals surface area contributed by atoms with Crippen LogP contribution in [0.25, 0.3) is 0 Å². The molecule has 0 fully saturated rings. The average Bonchev–Trinajstić information content (AvgIpc) is 2.37. The number of carbonyl (C=O) groups is 1. The molecule has 3 N–H and O–H groups in total. The van der Waals surface area contributed by atoms with Gasteiger partial charge in [0.1, 0.15) is 5.75 Å². The lowest BCUT2D eigenvalue weighted by atomic mass is 10.1. The summed E-state index contributed by atoms with van der Waals surface area (Å²) in [6.07, 6.45) is -7.03. The summed E-state index contributed by atoms with van der Waals surface area (Å²) in [6, 6.07) is 4.91. The van der Waals surface area contributed by atoms with E-state index in [1.165, 1.54) is 0 Å². The molecule has 20 heavy (non-hydrogen) atoms. The van der Waals surface area contributed by atoms with Gasteiger partial charge in [0, 0.05) is 13.1 Å². The summed E-state index contributed by atoms with van der Waals surface area (Å²) in [7, 11) is 0. The number of hydrogen-bond donors (Lipinski definition) is 3. The molecule has 5 nitrogen and oxygen atoms in total. The maximum Gasteiger partial charge on any atom is 0.415 e. The van der Waals surface area contributed by atoms with Gasteiger partial charge in [-0.05, 0) is 17.7 Å². The quantitative estimate of drug-likeness (QED) is 0.774. The standard InChI is InChI=1S/C12H13F3N2O3/c13-12(14,15)10(18)5-16-4-7-1-2-9-8(3-7)17-11(19)6-20-9/h1-3,10,16,18H,4-6H2,(H,17,19). The Morgan fingerprint density at radius 2 is 2.20 bits per heavy atom. The van der Waals surface area contributed by atoms with Gasteiger partial charge in [0.2, 0.25) is 0 Å². The molecule has 0 aromatic heterocycles. The SMILES string of the molecule is O=C1COc2ccc(CNCC(O)C(F)(F)F)cc2N1. The Hall–Kier alpha value is -1.80. The molecule has 1 aliphatic heterocycles. The number of alkyl halides is 3. The number of benzene rings is 1. The first-order chi connectivity index (χ1) is 9.36. The molecule has 0 aliphatic carbocycles. The van der Waals surface area contributed by atoms with Crippen molar-refractivity contribution in [3.63, 3.8) is 0 Å². The first-order valence-corrected chi connectivity index (χ1v) is 5.87. The Morgan fingerprint density at radius 1 is 1.45 bits per heavy atom. The summed E-state index contributed by atoms with van der Waals surface area (Å²) in [5.74, 6) is 0.235. The summed E-state index contributed by atoms with van der Waals surface area (Å²) in [4.78, 5) is 11.1. The molecule has 1 aromatic rings. The van der Waals surface area contributed by atoms with E-state index in [9.17, 15) is 18.0 Å². The fourth-order valence-electron chi connectivity index (χ4n) is 1.71. The molecule has 0 spiro atoms. The lowest BCUT2D eigenvalue weighted by Gasteiger charge is -2.19. The van der Waals surface area contributed by atoms with Crippen LogP contribution in [0.3, 0.4) is 0 Å². The van der Waals surface area contributed by atoms with Crippen molar-refractivity contribution in [3.05, 3.63) is 23.8 Å². The van der Waals surface area contributed by atoms with Crippen LogP contribution in [0.1, 0.15) is 5.56 Å². The maximum atomic E-state index is 12.1. The number of amides is 1. The second-order valence-electron chi connectivity index (χ2n) is 4.36. The van der Waals surface area contributed by atoms with E-state index in [0.29, 0.717) is 17.0 Å². The van der Waals surface area contributed by atoms with Gasteiger partial charge in [0.25, 0.3) is 5.91 Å². The maximum absolute atomic E-state index is 12.1. The van der Waals surface area contributed by atoms with Gasteiger partial charge in [-0.1, -0.05) is 6.07 Å². The molecule has 1 unspecified atom stereocenters. The van der Waals surface area contributed by atoms with Gasteiger partial charge in [-0.25, -0.2) is 0 Å². The first-order valence-electron chi connectivity index (χ1n) is 5.87. The van der Waals surface area contributed by atoms with E-state index in [4.69, 9.17) is 9.84 Å². The molecule has 1 atom stereocenters. The fraction of sp³-hybridized carbons (Fsp3) is 0.417. The van der Waals surface area contributed by atoms with Crippen LogP contribution in [0.2, 0.25) is 0 Å². The highest BCUT2D eigenvalue weighted by Gasteiger charge is 2.37. The van der Waals surface area contributed by atoms with Gasteiger partial charge >= 0.3 is 6.18 Å². The molecule has 8 heteroatoms. The van der Waals surface area contributed by atoms with Crippen LogP contribution in [0.5, 0.6) is 5.75 Å². The number of halogens is 3. The zero-order valence-electron chi connectivity index (χ0n) is 10.3. The molecule has 0 radical (unpaired) electrons. The van der Waals surface area contributed by atoms with Crippen LogP contribution >= 0.6 is 0 Å². The minimum Gasteiger partial charge on any atom is -0.482 e. The summed E-state index contributed by atoms with van der Waals surface area (Å²) in [5.41, 5.74) is 1.15. The van der Waals surface area contributed by atoms with Gasteiger partial charge in [0.05, 0.1) is 5.69 Å². The number of anilines is 1. The van der Waals surface area contributed by atoms with Crippen molar-refractivity contribution in [3.8, 4) is 5.75 Å². The number of aliphatic hydroxyl groups excluding tert-OH is 1. The first kappa shape index (κ1) is 14.6. The molecule has 1 amide bonds. The van der Waals surface area contributed by atoms with Crippen LogP contribution in [-0.2, 0) is 11.3 Å². The number of carbonyl (C=O) groups excluding carboxylic acids is 1. The Kier molecular flexibility index (Phi) is 4.15. The molecule has 1 heterocycles. The van der Waals surface area contributed by atoms with Gasteiger partial charge in [0.15, 0.2) is 12.7 Å². The van der Waals surface area contributed by atoms with Crippen LogP contribution in [0, 0.1) is 0 Å². The van der Waals surface area contributed by atoms with E-state index >= 15 is 0 Å². The predicted molar refractivity (Wildman–Crippen MR) is 64.3 cm³/mol. The Bertz CT molecular complexity index is 505. The molecule has 0 saturated heterocycles. The van der Waals surface area contributed by atoms with Crippen molar-refractivity contribution in [2.45, 2.75) is 18.8 Å². The van der Waals surface area contributed by atoms with Gasteiger partial charge < -0.3 is 20.5 Å². The Labute approximate surface area is 112 Å². The highest BCUT2D eigenvalue weighted by Crippen LogP contribution is 2.28. The topological polar surface area (TPSA) is 70.6 Å². The minimum atomic E-state index is -4.63. The third kappa shape index (κ3) is 3.61. The molecule has 110 valence electrons. The van der Waals surface area contributed by atoms with Crippen LogP contribution < -0.4 is 15.4 Å². The average molecular weight is 290 g/mol. The van der Waals surface area contributed by atoms with Crippen molar-refractivity contribution < 1.29 is 27.8 Å². The number of rotatable bonds is 4. The van der Waals surface area contributed by atoms with Crippen molar-refractivity contribution in [1.29, 1.82) is 0 Å². The summed E-state index contributed by atoms with van der Waals surface area (Å²) < 4.78 is 41.4. The summed E-state index contributed by atoms with van der Waals surface area (Å²) in [5, 5.41) is 13.9. The second-order valence-corrected chi connectivity index (χ2v) is 4.36. The summed E-state index contributed by atoms with van der Waals surface area (Å²) >= 11 is 0. The van der Waals surface area contributed by atoms with Crippen LogP contribution in [-0.4, -0.2) is 36.4 Å². The van der Waals surface area contributed by atoms with E-state index < -0.39 is 18.8 Å². The van der Waals surface area contributed by atoms with Gasteiger partial charge in [-0.3, -0.25) is 4.79 Å². The van der Waals surface area contributed by atoms with E-state index in [2.05, 4.69) is 10.6 Å². The zero-order chi connectivity index (χ0) is 14.8. The molecule has 0 saturated carbocycles. The third-order valence-corrected chi connectivity index (χ3v) is 2.72. The molecule has 1 aliphatic rings. The minimum absolute atomic E-state index is 0.0532. The number of ether oxygens (including phenoxy) is 1. The van der Waals surface area contributed by atoms with Crippen molar-refractivity contribution in [2.75, 3.05) is 18.5 Å². The third-order valence-electron chi connectivity index (χ3n) is 2.72. The fourth-order valence-corrected chi connectivity index (χ4v) is 1.71. The van der Waals surface area contributed by atoms with Gasteiger partial charge in [-0.15, -0.1) is 0 Å². The largest absolute Gasteiger partial charge is 0.482 e. The number of aliphatic hydroxyl groups is 1. The molecule has 2 rings (SSSR count). The smallest absolute Gasteiger partial charge is 0.415 e. The molecular formula is C12H13F3N2O3. The highest BCUT2D eigenvalue weighted by molar-refractivity contribution is 5.95. The monoisotopic (exact) mass is 290 g/mol. The van der Waals surface area contributed by atoms with Crippen molar-refractivity contribution in [1.82, 2.24) is 5.32 Å².